The number of nitrogens with one attached hydrogen (secondary N) is 1. The smallest absolute Gasteiger partial charge is 0.261 e. The highest BCUT2D eigenvalue weighted by atomic mass is 32.2. The van der Waals surface area contributed by atoms with E-state index in [0.717, 1.165) is 24.3 Å². The molecule has 0 saturated carbocycles. The zero-order valence-electron chi connectivity index (χ0n) is 15.5. The van der Waals surface area contributed by atoms with Gasteiger partial charge in [0.25, 0.3) is 10.0 Å². The number of benzene rings is 2. The highest BCUT2D eigenvalue weighted by Crippen LogP contribution is 2.23. The fraction of sp³-hybridized carbons (Fsp3) is 0.400. The first-order valence-corrected chi connectivity index (χ1v) is 10.4. The van der Waals surface area contributed by atoms with Gasteiger partial charge in [0.05, 0.1) is 17.6 Å². The summed E-state index contributed by atoms with van der Waals surface area (Å²) in [7, 11) is -3.59. The molecule has 1 atom stereocenters. The van der Waals surface area contributed by atoms with E-state index in [1.807, 2.05) is 24.3 Å². The van der Waals surface area contributed by atoms with Crippen molar-refractivity contribution < 1.29 is 13.2 Å². The van der Waals surface area contributed by atoms with Gasteiger partial charge in [0, 0.05) is 24.5 Å². The Morgan fingerprint density at radius 1 is 1.08 bits per heavy atom. The molecule has 0 radical (unpaired) electrons. The molecule has 1 aliphatic heterocycles. The van der Waals surface area contributed by atoms with Crippen LogP contribution in [0.2, 0.25) is 0 Å². The van der Waals surface area contributed by atoms with Crippen LogP contribution >= 0.6 is 0 Å². The zero-order chi connectivity index (χ0) is 18.7. The molecule has 0 aromatic heterocycles. The van der Waals surface area contributed by atoms with Crippen molar-refractivity contribution in [3.05, 3.63) is 54.1 Å². The van der Waals surface area contributed by atoms with E-state index in [-0.39, 0.29) is 11.0 Å². The van der Waals surface area contributed by atoms with Crippen molar-refractivity contribution in [2.75, 3.05) is 29.3 Å². The predicted octanol–water partition coefficient (Wildman–Crippen LogP) is 3.84. The van der Waals surface area contributed by atoms with Gasteiger partial charge in [-0.05, 0) is 54.8 Å². The molecule has 0 spiro atoms. The summed E-state index contributed by atoms with van der Waals surface area (Å²) in [4.78, 5) is 2.52. The zero-order valence-corrected chi connectivity index (χ0v) is 16.3. The topological polar surface area (TPSA) is 58.6 Å². The van der Waals surface area contributed by atoms with Crippen molar-refractivity contribution in [3.8, 4) is 0 Å². The van der Waals surface area contributed by atoms with Gasteiger partial charge in [0.2, 0.25) is 0 Å². The van der Waals surface area contributed by atoms with Crippen molar-refractivity contribution in [1.82, 2.24) is 0 Å². The second-order valence-electron chi connectivity index (χ2n) is 7.00. The Balaban J connectivity index is 1.71. The Morgan fingerprint density at radius 2 is 1.73 bits per heavy atom. The first kappa shape index (κ1) is 18.7. The monoisotopic (exact) mass is 374 g/mol. The molecule has 0 bridgehead atoms. The molecule has 2 aromatic rings. The molecule has 0 aliphatic carbocycles. The summed E-state index contributed by atoms with van der Waals surface area (Å²) >= 11 is 0. The van der Waals surface area contributed by atoms with E-state index >= 15 is 0 Å². The highest BCUT2D eigenvalue weighted by molar-refractivity contribution is 7.92. The van der Waals surface area contributed by atoms with Crippen LogP contribution in [0.1, 0.15) is 32.3 Å². The van der Waals surface area contributed by atoms with Gasteiger partial charge in [0.1, 0.15) is 0 Å². The molecule has 3 rings (SSSR count). The summed E-state index contributed by atoms with van der Waals surface area (Å²) in [6.45, 7) is 8.61. The summed E-state index contributed by atoms with van der Waals surface area (Å²) in [6.07, 6.45) is 0.204. The Kier molecular flexibility index (Phi) is 5.53. The van der Waals surface area contributed by atoms with Gasteiger partial charge in [-0.3, -0.25) is 4.72 Å². The summed E-state index contributed by atoms with van der Waals surface area (Å²) in [5.74, 6) is 0.371. The average Bonchev–Trinajstić information content (AvgIpc) is 2.62. The number of ether oxygens (including phenoxy) is 1. The quantitative estimate of drug-likeness (QED) is 0.864. The number of sulfonamides is 1. The van der Waals surface area contributed by atoms with Crippen molar-refractivity contribution in [1.29, 1.82) is 0 Å². The number of rotatable bonds is 5. The Hall–Kier alpha value is -2.05. The van der Waals surface area contributed by atoms with E-state index in [0.29, 0.717) is 18.2 Å². The fourth-order valence-corrected chi connectivity index (χ4v) is 4.10. The minimum Gasteiger partial charge on any atom is -0.375 e. The Labute approximate surface area is 156 Å². The van der Waals surface area contributed by atoms with E-state index in [4.69, 9.17) is 4.74 Å². The first-order chi connectivity index (χ1) is 12.3. The lowest BCUT2D eigenvalue weighted by Gasteiger charge is -2.33. The van der Waals surface area contributed by atoms with E-state index in [1.165, 1.54) is 0 Å². The minimum absolute atomic E-state index is 0.204. The average molecular weight is 375 g/mol. The van der Waals surface area contributed by atoms with Crippen molar-refractivity contribution in [3.63, 3.8) is 0 Å². The van der Waals surface area contributed by atoms with Gasteiger partial charge in [-0.2, -0.15) is 0 Å². The highest BCUT2D eigenvalue weighted by Gasteiger charge is 2.18. The predicted molar refractivity (Wildman–Crippen MR) is 105 cm³/mol. The number of morpholine rings is 1. The van der Waals surface area contributed by atoms with Crippen LogP contribution in [-0.2, 0) is 14.8 Å². The molecule has 6 heteroatoms. The van der Waals surface area contributed by atoms with Crippen LogP contribution in [-0.4, -0.2) is 34.2 Å². The largest absolute Gasteiger partial charge is 0.375 e. The molecule has 2 aromatic carbocycles. The lowest BCUT2D eigenvalue weighted by atomic mass is 10.0. The summed E-state index contributed by atoms with van der Waals surface area (Å²) in [6, 6.07) is 14.5. The van der Waals surface area contributed by atoms with Crippen LogP contribution < -0.4 is 9.62 Å². The second kappa shape index (κ2) is 7.68. The van der Waals surface area contributed by atoms with E-state index < -0.39 is 10.0 Å². The SMILES string of the molecule is CC1CN(c2ccc(NS(=O)(=O)c3ccc(C(C)C)cc3)cc2)CCO1. The van der Waals surface area contributed by atoms with Gasteiger partial charge >= 0.3 is 0 Å². The molecule has 140 valence electrons. The first-order valence-electron chi connectivity index (χ1n) is 8.94. The van der Waals surface area contributed by atoms with Crippen LogP contribution in [0.3, 0.4) is 0 Å². The number of hydrogen-bond donors (Lipinski definition) is 1. The molecule has 5 nitrogen and oxygen atoms in total. The lowest BCUT2D eigenvalue weighted by molar-refractivity contribution is 0.0532. The van der Waals surface area contributed by atoms with Crippen LogP contribution in [0.25, 0.3) is 0 Å². The molecule has 1 fully saturated rings. The third-order valence-electron chi connectivity index (χ3n) is 4.58. The molecule has 1 N–H and O–H groups in total. The van der Waals surface area contributed by atoms with Crippen LogP contribution in [0, 0.1) is 0 Å². The van der Waals surface area contributed by atoms with Gasteiger partial charge in [-0.15, -0.1) is 0 Å². The molecule has 1 aliphatic rings. The summed E-state index contributed by atoms with van der Waals surface area (Å²) in [5, 5.41) is 0. The molecule has 1 heterocycles. The Morgan fingerprint density at radius 3 is 2.31 bits per heavy atom. The van der Waals surface area contributed by atoms with E-state index in [1.54, 1.807) is 24.3 Å². The third-order valence-corrected chi connectivity index (χ3v) is 5.98. The van der Waals surface area contributed by atoms with Gasteiger partial charge in [-0.25, -0.2) is 8.42 Å². The fourth-order valence-electron chi connectivity index (χ4n) is 3.04. The standard InChI is InChI=1S/C20H26N2O3S/c1-15(2)17-4-10-20(11-5-17)26(23,24)21-18-6-8-19(9-7-18)22-12-13-25-16(3)14-22/h4-11,15-16,21H,12-14H2,1-3H3. The Bertz CT molecular complexity index is 830. The van der Waals surface area contributed by atoms with Crippen LogP contribution in [0.5, 0.6) is 0 Å². The molecule has 1 unspecified atom stereocenters. The maximum Gasteiger partial charge on any atom is 0.261 e. The number of nitrogens with zero attached hydrogens (tertiary/aromatic N) is 1. The van der Waals surface area contributed by atoms with Crippen molar-refractivity contribution in [2.45, 2.75) is 37.7 Å². The summed E-state index contributed by atoms with van der Waals surface area (Å²) in [5.41, 5.74) is 2.75. The normalized spacial score (nSPS) is 18.2. The third kappa shape index (κ3) is 4.37. The lowest BCUT2D eigenvalue weighted by Crippen LogP contribution is -2.41. The van der Waals surface area contributed by atoms with Gasteiger partial charge < -0.3 is 9.64 Å². The maximum atomic E-state index is 12.6. The number of anilines is 2. The molecule has 1 saturated heterocycles. The van der Waals surface area contributed by atoms with E-state index in [9.17, 15) is 8.42 Å². The minimum atomic E-state index is -3.59. The molecule has 26 heavy (non-hydrogen) atoms. The molecular formula is C20H26N2O3S. The van der Waals surface area contributed by atoms with Crippen LogP contribution in [0.4, 0.5) is 11.4 Å². The maximum absolute atomic E-state index is 12.6. The molecule has 0 amide bonds. The van der Waals surface area contributed by atoms with Crippen molar-refractivity contribution in [2.24, 2.45) is 0 Å². The van der Waals surface area contributed by atoms with Crippen LogP contribution in [0.15, 0.2) is 53.4 Å². The second-order valence-corrected chi connectivity index (χ2v) is 8.69. The summed E-state index contributed by atoms with van der Waals surface area (Å²) < 4.78 is 33.4. The van der Waals surface area contributed by atoms with E-state index in [2.05, 4.69) is 30.4 Å². The van der Waals surface area contributed by atoms with Crippen molar-refractivity contribution >= 4 is 21.4 Å². The number of hydrogen-bond acceptors (Lipinski definition) is 4. The van der Waals surface area contributed by atoms with Gasteiger partial charge in [0.15, 0.2) is 0 Å². The van der Waals surface area contributed by atoms with Gasteiger partial charge in [-0.1, -0.05) is 26.0 Å². The molecular weight excluding hydrogens is 348 g/mol.